The highest BCUT2D eigenvalue weighted by atomic mass is 32.1. The number of aromatic nitrogens is 2. The second-order valence-corrected chi connectivity index (χ2v) is 10.7. The summed E-state index contributed by atoms with van der Waals surface area (Å²) in [6.45, 7) is 10.7. The Morgan fingerprint density at radius 3 is 2.41 bits per heavy atom. The van der Waals surface area contributed by atoms with E-state index in [9.17, 15) is 9.18 Å². The maximum Gasteiger partial charge on any atom is 0.225 e. The predicted octanol–water partition coefficient (Wildman–Crippen LogP) is 4.83. The Kier molecular flexibility index (Phi) is 6.42. The number of piperazine rings is 1. The summed E-state index contributed by atoms with van der Waals surface area (Å²) in [5.41, 5.74) is 1.66. The summed E-state index contributed by atoms with van der Waals surface area (Å²) in [5.74, 6) is 2.26. The Morgan fingerprint density at radius 2 is 1.74 bits per heavy atom. The third-order valence-corrected chi connectivity index (χ3v) is 7.98. The van der Waals surface area contributed by atoms with Crippen LogP contribution in [-0.2, 0) is 4.79 Å². The number of amides is 1. The standard InChI is InChI=1S/C26H32FN5OS/c1-17(2)24-28-21-16-34-18(3)23(21)25(29-24)31-10-8-19(9-11-31)26(33)32-14-12-30(13-15-32)22-7-5-4-6-20(22)27/h4-7,16-17,19H,8-15H2,1-3H3. The molecule has 180 valence electrons. The molecule has 0 bridgehead atoms. The van der Waals surface area contributed by atoms with Crippen LogP contribution in [0.15, 0.2) is 29.6 Å². The quantitative estimate of drug-likeness (QED) is 0.534. The molecule has 2 aromatic heterocycles. The molecule has 34 heavy (non-hydrogen) atoms. The van der Waals surface area contributed by atoms with Crippen molar-refractivity contribution in [3.8, 4) is 0 Å². The number of benzene rings is 1. The number of rotatable bonds is 4. The zero-order valence-corrected chi connectivity index (χ0v) is 20.9. The zero-order valence-electron chi connectivity index (χ0n) is 20.1. The maximum absolute atomic E-state index is 14.1. The van der Waals surface area contributed by atoms with Gasteiger partial charge in [0.05, 0.1) is 16.6 Å². The summed E-state index contributed by atoms with van der Waals surface area (Å²) < 4.78 is 14.1. The molecule has 8 heteroatoms. The van der Waals surface area contributed by atoms with Gasteiger partial charge in [-0.3, -0.25) is 4.79 Å². The molecule has 0 unspecified atom stereocenters. The normalized spacial score (nSPS) is 17.7. The molecule has 0 N–H and O–H groups in total. The fourth-order valence-corrected chi connectivity index (χ4v) is 5.84. The van der Waals surface area contributed by atoms with Crippen molar-refractivity contribution in [2.24, 2.45) is 5.92 Å². The SMILES string of the molecule is Cc1scc2nc(C(C)C)nc(N3CCC(C(=O)N4CCN(c5ccccc5F)CC4)CC3)c12. The van der Waals surface area contributed by atoms with Gasteiger partial charge in [0.25, 0.3) is 0 Å². The van der Waals surface area contributed by atoms with Crippen LogP contribution in [0, 0.1) is 18.7 Å². The third-order valence-electron chi connectivity index (χ3n) is 7.08. The van der Waals surface area contributed by atoms with E-state index in [1.54, 1.807) is 17.4 Å². The molecule has 2 fully saturated rings. The van der Waals surface area contributed by atoms with E-state index in [0.717, 1.165) is 48.5 Å². The lowest BCUT2D eigenvalue weighted by molar-refractivity contribution is -0.136. The highest BCUT2D eigenvalue weighted by Gasteiger charge is 2.32. The minimum Gasteiger partial charge on any atom is -0.366 e. The molecule has 0 spiro atoms. The molecule has 3 aromatic rings. The molecule has 0 saturated carbocycles. The lowest BCUT2D eigenvalue weighted by Crippen LogP contribution is -2.52. The summed E-state index contributed by atoms with van der Waals surface area (Å²) in [6.07, 6.45) is 1.66. The number of anilines is 2. The number of halogens is 1. The summed E-state index contributed by atoms with van der Waals surface area (Å²) in [5, 5.41) is 3.28. The third kappa shape index (κ3) is 4.35. The molecule has 5 rings (SSSR count). The maximum atomic E-state index is 14.1. The molecular formula is C26H32FN5OS. The molecule has 4 heterocycles. The smallest absolute Gasteiger partial charge is 0.225 e. The number of fused-ring (bicyclic) bond motifs is 1. The van der Waals surface area contributed by atoms with Crippen molar-refractivity contribution in [1.82, 2.24) is 14.9 Å². The number of thiophene rings is 1. The zero-order chi connectivity index (χ0) is 23.8. The topological polar surface area (TPSA) is 52.6 Å². The fourth-order valence-electron chi connectivity index (χ4n) is 5.07. The fraction of sp³-hybridized carbons (Fsp3) is 0.500. The first-order valence-electron chi connectivity index (χ1n) is 12.2. The number of nitrogens with zero attached hydrogens (tertiary/aromatic N) is 5. The first kappa shape index (κ1) is 23.0. The molecular weight excluding hydrogens is 449 g/mol. The summed E-state index contributed by atoms with van der Waals surface area (Å²) in [4.78, 5) is 30.6. The highest BCUT2D eigenvalue weighted by molar-refractivity contribution is 7.11. The molecule has 2 aliphatic heterocycles. The van der Waals surface area contributed by atoms with Crippen LogP contribution < -0.4 is 9.80 Å². The van der Waals surface area contributed by atoms with Gasteiger partial charge in [0.15, 0.2) is 0 Å². The van der Waals surface area contributed by atoms with E-state index in [0.29, 0.717) is 31.9 Å². The van der Waals surface area contributed by atoms with Crippen LogP contribution in [-0.4, -0.2) is 60.0 Å². The summed E-state index contributed by atoms with van der Waals surface area (Å²) >= 11 is 1.72. The Morgan fingerprint density at radius 1 is 1.03 bits per heavy atom. The monoisotopic (exact) mass is 481 g/mol. The van der Waals surface area contributed by atoms with Crippen LogP contribution in [0.5, 0.6) is 0 Å². The molecule has 1 amide bonds. The van der Waals surface area contributed by atoms with Gasteiger partial charge in [-0.25, -0.2) is 14.4 Å². The molecule has 2 saturated heterocycles. The van der Waals surface area contributed by atoms with Gasteiger partial charge in [0.1, 0.15) is 17.5 Å². The second-order valence-electron chi connectivity index (χ2n) is 9.64. The van der Waals surface area contributed by atoms with E-state index in [4.69, 9.17) is 9.97 Å². The highest BCUT2D eigenvalue weighted by Crippen LogP contribution is 2.35. The first-order chi connectivity index (χ1) is 16.4. The van der Waals surface area contributed by atoms with Gasteiger partial charge < -0.3 is 14.7 Å². The molecule has 0 aliphatic carbocycles. The summed E-state index contributed by atoms with van der Waals surface area (Å²) in [6, 6.07) is 6.87. The number of carbonyl (C=O) groups excluding carboxylic acids is 1. The molecule has 1 aromatic carbocycles. The van der Waals surface area contributed by atoms with E-state index in [-0.39, 0.29) is 23.6 Å². The number of para-hydroxylation sites is 1. The van der Waals surface area contributed by atoms with Gasteiger partial charge in [-0.1, -0.05) is 26.0 Å². The van der Waals surface area contributed by atoms with Gasteiger partial charge in [0.2, 0.25) is 5.91 Å². The van der Waals surface area contributed by atoms with Crippen LogP contribution >= 0.6 is 11.3 Å². The van der Waals surface area contributed by atoms with E-state index < -0.39 is 0 Å². The molecule has 2 aliphatic rings. The number of carbonyl (C=O) groups is 1. The van der Waals surface area contributed by atoms with E-state index in [2.05, 4.69) is 31.1 Å². The van der Waals surface area contributed by atoms with Gasteiger partial charge in [-0.2, -0.15) is 0 Å². The molecule has 0 radical (unpaired) electrons. The number of hydrogen-bond acceptors (Lipinski definition) is 6. The van der Waals surface area contributed by atoms with Crippen molar-refractivity contribution in [2.45, 2.75) is 39.5 Å². The lowest BCUT2D eigenvalue weighted by atomic mass is 9.94. The molecule has 6 nitrogen and oxygen atoms in total. The predicted molar refractivity (Wildman–Crippen MR) is 136 cm³/mol. The van der Waals surface area contributed by atoms with Crippen LogP contribution in [0.2, 0.25) is 0 Å². The minimum atomic E-state index is -0.199. The average Bonchev–Trinajstić information content (AvgIpc) is 3.24. The largest absolute Gasteiger partial charge is 0.366 e. The number of aryl methyl sites for hydroxylation is 1. The minimum absolute atomic E-state index is 0.0433. The average molecular weight is 482 g/mol. The van der Waals surface area contributed by atoms with Crippen molar-refractivity contribution in [3.05, 3.63) is 46.2 Å². The van der Waals surface area contributed by atoms with E-state index in [1.165, 1.54) is 10.9 Å². The lowest BCUT2D eigenvalue weighted by Gasteiger charge is -2.39. The van der Waals surface area contributed by atoms with Crippen LogP contribution in [0.4, 0.5) is 15.9 Å². The summed E-state index contributed by atoms with van der Waals surface area (Å²) in [7, 11) is 0. The van der Waals surface area contributed by atoms with Crippen LogP contribution in [0.25, 0.3) is 10.9 Å². The Balaban J connectivity index is 1.23. The van der Waals surface area contributed by atoms with Crippen LogP contribution in [0.1, 0.15) is 43.3 Å². The first-order valence-corrected chi connectivity index (χ1v) is 13.1. The number of hydrogen-bond donors (Lipinski definition) is 0. The Bertz CT molecular complexity index is 1180. The van der Waals surface area contributed by atoms with E-state index >= 15 is 0 Å². The second kappa shape index (κ2) is 9.49. The van der Waals surface area contributed by atoms with Crippen molar-refractivity contribution in [3.63, 3.8) is 0 Å². The van der Waals surface area contributed by atoms with Crippen LogP contribution in [0.3, 0.4) is 0 Å². The Labute approximate surface area is 204 Å². The van der Waals surface area contributed by atoms with Crippen molar-refractivity contribution >= 4 is 39.7 Å². The number of piperidine rings is 1. The van der Waals surface area contributed by atoms with Gasteiger partial charge >= 0.3 is 0 Å². The van der Waals surface area contributed by atoms with Crippen molar-refractivity contribution in [1.29, 1.82) is 0 Å². The molecule has 0 atom stereocenters. The van der Waals surface area contributed by atoms with Gasteiger partial charge in [-0.05, 0) is 31.9 Å². The van der Waals surface area contributed by atoms with E-state index in [1.807, 2.05) is 21.9 Å². The van der Waals surface area contributed by atoms with Crippen molar-refractivity contribution in [2.75, 3.05) is 49.1 Å². The van der Waals surface area contributed by atoms with Gasteiger partial charge in [-0.15, -0.1) is 11.3 Å². The van der Waals surface area contributed by atoms with Gasteiger partial charge in [0, 0.05) is 61.4 Å². The Hall–Kier alpha value is -2.74. The van der Waals surface area contributed by atoms with Crippen molar-refractivity contribution < 1.29 is 9.18 Å².